The summed E-state index contributed by atoms with van der Waals surface area (Å²) in [5.41, 5.74) is 5.89. The fraction of sp³-hybridized carbons (Fsp3) is 0. The third-order valence-electron chi connectivity index (χ3n) is 2.46. The largest absolute Gasteiger partial charge is 0.409 e. The van der Waals surface area contributed by atoms with Gasteiger partial charge in [0.05, 0.1) is 19.7 Å². The quantitative estimate of drug-likeness (QED) is 0.241. The molecule has 20 heavy (non-hydrogen) atoms. The van der Waals surface area contributed by atoms with Crippen LogP contribution in [-0.4, -0.2) is 17.0 Å². The Kier molecular flexibility index (Phi) is 4.55. The van der Waals surface area contributed by atoms with E-state index in [1.54, 1.807) is 11.4 Å². The van der Waals surface area contributed by atoms with E-state index in [0.717, 1.165) is 8.95 Å². The predicted molar refractivity (Wildman–Crippen MR) is 83.9 cm³/mol. The molecule has 2 aromatic rings. The van der Waals surface area contributed by atoms with Gasteiger partial charge >= 0.3 is 0 Å². The van der Waals surface area contributed by atoms with Gasteiger partial charge in [0, 0.05) is 5.38 Å². The third-order valence-corrected chi connectivity index (χ3v) is 4.24. The van der Waals surface area contributed by atoms with Crippen molar-refractivity contribution >= 4 is 51.4 Å². The first kappa shape index (κ1) is 14.7. The van der Waals surface area contributed by atoms with E-state index in [-0.39, 0.29) is 17.2 Å². The number of hydrogen-bond acceptors (Lipinski definition) is 4. The van der Waals surface area contributed by atoms with E-state index in [1.165, 1.54) is 23.5 Å². The van der Waals surface area contributed by atoms with Crippen molar-refractivity contribution in [3.8, 4) is 0 Å². The maximum absolute atomic E-state index is 13.7. The zero-order chi connectivity index (χ0) is 14.7. The van der Waals surface area contributed by atoms with Crippen molar-refractivity contribution in [2.75, 3.05) is 5.32 Å². The second kappa shape index (κ2) is 6.18. The van der Waals surface area contributed by atoms with Crippen LogP contribution in [0.1, 0.15) is 15.9 Å². The average molecular weight is 405 g/mol. The Morgan fingerprint density at radius 3 is 2.85 bits per heavy atom. The first-order valence-corrected chi connectivity index (χ1v) is 7.30. The van der Waals surface area contributed by atoms with Crippen molar-refractivity contribution in [1.29, 1.82) is 0 Å². The lowest BCUT2D eigenvalue weighted by atomic mass is 10.1. The van der Waals surface area contributed by atoms with Gasteiger partial charge in [-0.1, -0.05) is 11.2 Å². The van der Waals surface area contributed by atoms with Crippen LogP contribution in [0.3, 0.4) is 0 Å². The van der Waals surface area contributed by atoms with Crippen molar-refractivity contribution in [2.24, 2.45) is 10.9 Å². The monoisotopic (exact) mass is 405 g/mol. The third kappa shape index (κ3) is 3.07. The summed E-state index contributed by atoms with van der Waals surface area (Å²) in [6, 6.07) is 5.78. The Bertz CT molecular complexity index is 687. The van der Waals surface area contributed by atoms with E-state index in [9.17, 15) is 9.18 Å². The number of amidine groups is 1. The van der Waals surface area contributed by atoms with Crippen LogP contribution in [0.2, 0.25) is 0 Å². The van der Waals surface area contributed by atoms with Crippen molar-refractivity contribution in [3.05, 3.63) is 49.5 Å². The highest BCUT2D eigenvalue weighted by atomic mass is 127. The van der Waals surface area contributed by atoms with Crippen molar-refractivity contribution < 1.29 is 14.4 Å². The summed E-state index contributed by atoms with van der Waals surface area (Å²) < 4.78 is 14.7. The van der Waals surface area contributed by atoms with Crippen LogP contribution in [0.15, 0.2) is 34.8 Å². The molecule has 0 aliphatic carbocycles. The van der Waals surface area contributed by atoms with Crippen LogP contribution >= 0.6 is 33.9 Å². The van der Waals surface area contributed by atoms with Crippen molar-refractivity contribution in [1.82, 2.24) is 0 Å². The Morgan fingerprint density at radius 1 is 1.50 bits per heavy atom. The number of rotatable bonds is 3. The van der Waals surface area contributed by atoms with Gasteiger partial charge in [-0.25, -0.2) is 4.39 Å². The number of benzene rings is 1. The molecule has 8 heteroatoms. The van der Waals surface area contributed by atoms with Crippen LogP contribution in [0.4, 0.5) is 10.1 Å². The topological polar surface area (TPSA) is 87.7 Å². The zero-order valence-electron chi connectivity index (χ0n) is 9.93. The number of anilines is 1. The molecule has 0 fully saturated rings. The number of hydrogen-bond donors (Lipinski definition) is 3. The maximum atomic E-state index is 13.7. The second-order valence-electron chi connectivity index (χ2n) is 3.74. The molecular weight excluding hydrogens is 396 g/mol. The predicted octanol–water partition coefficient (Wildman–Crippen LogP) is 2.84. The number of nitrogens with one attached hydrogen (secondary N) is 1. The molecule has 0 saturated heterocycles. The summed E-state index contributed by atoms with van der Waals surface area (Å²) in [4.78, 5) is 12.0. The second-order valence-corrected chi connectivity index (χ2v) is 6.55. The molecule has 5 nitrogen and oxygen atoms in total. The summed E-state index contributed by atoms with van der Waals surface area (Å²) in [6.45, 7) is 0. The van der Waals surface area contributed by atoms with E-state index in [0.29, 0.717) is 5.56 Å². The average Bonchev–Trinajstić information content (AvgIpc) is 2.85. The lowest BCUT2D eigenvalue weighted by Crippen LogP contribution is -2.20. The molecule has 0 spiro atoms. The molecule has 0 saturated carbocycles. The number of nitrogens with two attached hydrogens (primary N) is 1. The SMILES string of the molecule is NC(=NO)c1c(F)cccc1NC(=O)c1csc(I)c1. The van der Waals surface area contributed by atoms with E-state index in [4.69, 9.17) is 10.9 Å². The van der Waals surface area contributed by atoms with E-state index >= 15 is 0 Å². The molecule has 0 aliphatic rings. The Morgan fingerprint density at radius 2 is 2.25 bits per heavy atom. The lowest BCUT2D eigenvalue weighted by Gasteiger charge is -2.10. The molecule has 1 heterocycles. The van der Waals surface area contributed by atoms with Crippen LogP contribution in [0, 0.1) is 8.70 Å². The van der Waals surface area contributed by atoms with Gasteiger partial charge in [-0.15, -0.1) is 11.3 Å². The van der Waals surface area contributed by atoms with Gasteiger partial charge in [0.2, 0.25) is 0 Å². The summed E-state index contributed by atoms with van der Waals surface area (Å²) >= 11 is 3.52. The number of carbonyl (C=O) groups excluding carboxylic acids is 1. The first-order valence-electron chi connectivity index (χ1n) is 5.34. The summed E-state index contributed by atoms with van der Waals surface area (Å²) in [5, 5.41) is 15.7. The normalized spacial score (nSPS) is 11.4. The van der Waals surface area contributed by atoms with Gasteiger partial charge in [0.25, 0.3) is 5.91 Å². The standard InChI is InChI=1S/C12H9FIN3O2S/c13-7-2-1-3-8(10(7)11(15)17-19)16-12(18)6-4-9(14)20-5-6/h1-5,19H,(H2,15,17)(H,16,18). The number of carbonyl (C=O) groups is 1. The molecule has 0 radical (unpaired) electrons. The number of halogens is 2. The summed E-state index contributed by atoms with van der Waals surface area (Å²) in [5.74, 6) is -1.47. The first-order chi connectivity index (χ1) is 9.52. The minimum Gasteiger partial charge on any atom is -0.409 e. The van der Waals surface area contributed by atoms with Crippen molar-refractivity contribution in [2.45, 2.75) is 0 Å². The van der Waals surface area contributed by atoms with Crippen LogP contribution in [0.25, 0.3) is 0 Å². The number of amides is 1. The smallest absolute Gasteiger partial charge is 0.256 e. The fourth-order valence-corrected chi connectivity index (χ4v) is 2.89. The molecule has 0 aliphatic heterocycles. The lowest BCUT2D eigenvalue weighted by molar-refractivity contribution is 0.102. The molecule has 1 aromatic heterocycles. The van der Waals surface area contributed by atoms with Crippen LogP contribution in [0.5, 0.6) is 0 Å². The molecule has 0 unspecified atom stereocenters. The van der Waals surface area contributed by atoms with Gasteiger partial charge < -0.3 is 16.3 Å². The Balaban J connectivity index is 2.34. The van der Waals surface area contributed by atoms with Crippen molar-refractivity contribution in [3.63, 3.8) is 0 Å². The Labute approximate surface area is 131 Å². The summed E-state index contributed by atoms with van der Waals surface area (Å²) in [6.07, 6.45) is 0. The molecular formula is C12H9FIN3O2S. The van der Waals surface area contributed by atoms with Gasteiger partial charge in [-0.2, -0.15) is 0 Å². The van der Waals surface area contributed by atoms with Gasteiger partial charge in [0.1, 0.15) is 5.82 Å². The molecule has 0 atom stereocenters. The van der Waals surface area contributed by atoms with Gasteiger partial charge in [-0.05, 0) is 40.8 Å². The molecule has 0 bridgehead atoms. The molecule has 2 rings (SSSR count). The highest BCUT2D eigenvalue weighted by Gasteiger charge is 2.16. The summed E-state index contributed by atoms with van der Waals surface area (Å²) in [7, 11) is 0. The number of thiophene rings is 1. The number of nitrogens with zero attached hydrogens (tertiary/aromatic N) is 1. The maximum Gasteiger partial charge on any atom is 0.256 e. The molecule has 1 aromatic carbocycles. The number of oxime groups is 1. The van der Waals surface area contributed by atoms with E-state index in [2.05, 4.69) is 33.1 Å². The minimum atomic E-state index is -0.682. The van der Waals surface area contributed by atoms with Gasteiger partial charge in [-0.3, -0.25) is 4.79 Å². The molecule has 1 amide bonds. The van der Waals surface area contributed by atoms with E-state index < -0.39 is 11.7 Å². The molecule has 4 N–H and O–H groups in total. The van der Waals surface area contributed by atoms with Crippen LogP contribution < -0.4 is 11.1 Å². The molecule has 104 valence electrons. The van der Waals surface area contributed by atoms with Gasteiger partial charge in [0.15, 0.2) is 5.84 Å². The minimum absolute atomic E-state index is 0.145. The highest BCUT2D eigenvalue weighted by Crippen LogP contribution is 2.21. The fourth-order valence-electron chi connectivity index (χ4n) is 1.56. The highest BCUT2D eigenvalue weighted by molar-refractivity contribution is 14.1. The zero-order valence-corrected chi connectivity index (χ0v) is 12.9. The Hall–Kier alpha value is -1.68. The van der Waals surface area contributed by atoms with Crippen LogP contribution in [-0.2, 0) is 0 Å². The van der Waals surface area contributed by atoms with E-state index in [1.807, 2.05) is 0 Å².